The van der Waals surface area contributed by atoms with Crippen molar-refractivity contribution in [2.24, 2.45) is 7.05 Å². The Morgan fingerprint density at radius 1 is 0.889 bits per heavy atom. The van der Waals surface area contributed by atoms with Crippen LogP contribution in [0.3, 0.4) is 0 Å². The van der Waals surface area contributed by atoms with E-state index in [0.717, 1.165) is 29.2 Å². The molecule has 0 fully saturated rings. The van der Waals surface area contributed by atoms with Crippen LogP contribution in [0.5, 0.6) is 5.75 Å². The largest absolute Gasteiger partial charge is 0.489 e. The first kappa shape index (κ1) is 20.9. The standard InChI is InChI=1S/C19H21N2O.ClHO4/c1-4-21-18(16-13-9-6-10-14-16)19(22-3)17(20(21)2)15-11-7-5-8-12-15;2-1(3,4)5/h5-14H,4H2,1-3H3;(H,2,3,4,5)/q+1;/p-1. The zero-order chi connectivity index (χ0) is 20.0. The van der Waals surface area contributed by atoms with Crippen LogP contribution >= 0.6 is 0 Å². The summed E-state index contributed by atoms with van der Waals surface area (Å²) in [4.78, 5) is 0. The number of hydrogen-bond acceptors (Lipinski definition) is 5. The van der Waals surface area contributed by atoms with Crippen molar-refractivity contribution in [2.45, 2.75) is 13.5 Å². The minimum atomic E-state index is -4.94. The maximum absolute atomic E-state index is 8.49. The monoisotopic (exact) mass is 392 g/mol. The summed E-state index contributed by atoms with van der Waals surface area (Å²) in [5, 5.41) is 0. The van der Waals surface area contributed by atoms with Gasteiger partial charge in [-0.15, -0.1) is 14.9 Å². The lowest BCUT2D eigenvalue weighted by molar-refractivity contribution is -2.00. The third kappa shape index (κ3) is 5.29. The van der Waals surface area contributed by atoms with Crippen LogP contribution in [0.4, 0.5) is 0 Å². The first-order valence-electron chi connectivity index (χ1n) is 8.17. The van der Waals surface area contributed by atoms with E-state index in [1.54, 1.807) is 7.11 Å². The van der Waals surface area contributed by atoms with Gasteiger partial charge in [0.05, 0.1) is 19.7 Å². The normalized spacial score (nSPS) is 10.9. The summed E-state index contributed by atoms with van der Waals surface area (Å²) in [5.41, 5.74) is 4.54. The predicted molar refractivity (Wildman–Crippen MR) is 88.7 cm³/mol. The van der Waals surface area contributed by atoms with Gasteiger partial charge in [-0.2, -0.15) is 4.68 Å². The van der Waals surface area contributed by atoms with E-state index in [1.165, 1.54) is 5.56 Å². The van der Waals surface area contributed by atoms with Crippen LogP contribution in [0.2, 0.25) is 0 Å². The van der Waals surface area contributed by atoms with Gasteiger partial charge in [0.2, 0.25) is 5.75 Å². The van der Waals surface area contributed by atoms with E-state index >= 15 is 0 Å². The van der Waals surface area contributed by atoms with E-state index in [0.29, 0.717) is 0 Å². The summed E-state index contributed by atoms with van der Waals surface area (Å²) in [7, 11) is -1.12. The van der Waals surface area contributed by atoms with Crippen LogP contribution < -0.4 is 28.1 Å². The molecule has 8 heteroatoms. The minimum Gasteiger partial charge on any atom is -0.489 e. The van der Waals surface area contributed by atoms with Gasteiger partial charge in [0, 0.05) is 5.56 Å². The second kappa shape index (κ2) is 8.98. The molecule has 7 nitrogen and oxygen atoms in total. The summed E-state index contributed by atoms with van der Waals surface area (Å²) in [6.07, 6.45) is 0. The van der Waals surface area contributed by atoms with Gasteiger partial charge in [0.1, 0.15) is 0 Å². The number of halogens is 1. The number of methoxy groups -OCH3 is 1. The maximum Gasteiger partial charge on any atom is 0.280 e. The molecule has 0 bridgehead atoms. The Bertz CT molecular complexity index is 855. The number of nitrogens with zero attached hydrogens (tertiary/aromatic N) is 2. The number of benzene rings is 2. The molecule has 144 valence electrons. The van der Waals surface area contributed by atoms with Crippen LogP contribution in [0, 0.1) is 10.2 Å². The second-order valence-electron chi connectivity index (χ2n) is 5.58. The molecule has 0 radical (unpaired) electrons. The van der Waals surface area contributed by atoms with Crippen molar-refractivity contribution in [1.29, 1.82) is 0 Å². The highest BCUT2D eigenvalue weighted by Gasteiger charge is 2.30. The third-order valence-corrected chi connectivity index (χ3v) is 3.97. The Morgan fingerprint density at radius 3 is 1.74 bits per heavy atom. The van der Waals surface area contributed by atoms with Gasteiger partial charge in [-0.05, 0) is 19.1 Å². The van der Waals surface area contributed by atoms with Gasteiger partial charge >= 0.3 is 0 Å². The Hall–Kier alpha value is -2.42. The number of rotatable bonds is 4. The highest BCUT2D eigenvalue weighted by atomic mass is 35.7. The lowest BCUT2D eigenvalue weighted by Gasteiger charge is -2.17. The smallest absolute Gasteiger partial charge is 0.280 e. The maximum atomic E-state index is 8.49. The fourth-order valence-electron chi connectivity index (χ4n) is 3.00. The lowest BCUT2D eigenvalue weighted by atomic mass is 10.1. The molecule has 0 atom stereocenters. The molecule has 0 N–H and O–H groups in total. The molecule has 0 spiro atoms. The molecule has 2 aromatic carbocycles. The fourth-order valence-corrected chi connectivity index (χ4v) is 3.00. The van der Waals surface area contributed by atoms with E-state index in [1.807, 2.05) is 12.1 Å². The first-order chi connectivity index (χ1) is 12.8. The molecule has 0 amide bonds. The molecular weight excluding hydrogens is 372 g/mol. The van der Waals surface area contributed by atoms with Crippen molar-refractivity contribution in [1.82, 2.24) is 4.68 Å². The number of aromatic nitrogens is 2. The molecule has 0 aliphatic heterocycles. The number of ether oxygens (including phenoxy) is 1. The SMILES string of the molecule is CC[n+]1c(-c2ccccc2)c(OC)c(-c2ccccc2)n1C.[O-][Cl+3]([O-])([O-])[O-]. The molecule has 1 heterocycles. The highest BCUT2D eigenvalue weighted by Crippen LogP contribution is 2.37. The summed E-state index contributed by atoms with van der Waals surface area (Å²) >= 11 is 0. The fraction of sp³-hybridized carbons (Fsp3) is 0.211. The van der Waals surface area contributed by atoms with Crippen LogP contribution in [0.15, 0.2) is 60.7 Å². The second-order valence-corrected chi connectivity index (χ2v) is 6.34. The van der Waals surface area contributed by atoms with Crippen LogP contribution in [-0.2, 0) is 13.6 Å². The van der Waals surface area contributed by atoms with Crippen molar-refractivity contribution in [3.63, 3.8) is 0 Å². The van der Waals surface area contributed by atoms with Crippen molar-refractivity contribution in [3.05, 3.63) is 60.7 Å². The zero-order valence-electron chi connectivity index (χ0n) is 15.3. The van der Waals surface area contributed by atoms with E-state index in [4.69, 9.17) is 23.4 Å². The van der Waals surface area contributed by atoms with Gasteiger partial charge in [-0.25, -0.2) is 18.6 Å². The molecule has 27 heavy (non-hydrogen) atoms. The van der Waals surface area contributed by atoms with Crippen molar-refractivity contribution in [2.75, 3.05) is 7.11 Å². The summed E-state index contributed by atoms with van der Waals surface area (Å²) in [5.74, 6) is 0.918. The predicted octanol–water partition coefficient (Wildman–Crippen LogP) is -1.08. The minimum absolute atomic E-state index is 0.879. The average Bonchev–Trinajstić information content (AvgIpc) is 2.93. The first-order valence-corrected chi connectivity index (χ1v) is 9.40. The molecule has 0 aliphatic carbocycles. The topological polar surface area (TPSA) is 110 Å². The number of hydrogen-bond donors (Lipinski definition) is 0. The van der Waals surface area contributed by atoms with E-state index < -0.39 is 10.2 Å². The van der Waals surface area contributed by atoms with Crippen LogP contribution in [-0.4, -0.2) is 11.8 Å². The lowest BCUT2D eigenvalue weighted by Crippen LogP contribution is -2.68. The molecule has 3 rings (SSSR count). The zero-order valence-corrected chi connectivity index (χ0v) is 16.1. The van der Waals surface area contributed by atoms with Crippen molar-refractivity contribution >= 4 is 0 Å². The van der Waals surface area contributed by atoms with Crippen molar-refractivity contribution < 1.29 is 38.3 Å². The van der Waals surface area contributed by atoms with Gasteiger partial charge in [0.15, 0.2) is 12.2 Å². The Morgan fingerprint density at radius 2 is 1.33 bits per heavy atom. The molecule has 0 saturated heterocycles. The van der Waals surface area contributed by atoms with E-state index in [2.05, 4.69) is 71.9 Å². The summed E-state index contributed by atoms with van der Waals surface area (Å²) < 4.78 is 44.2. The van der Waals surface area contributed by atoms with Gasteiger partial charge in [0.25, 0.3) is 5.69 Å². The van der Waals surface area contributed by atoms with Crippen LogP contribution in [0.25, 0.3) is 22.5 Å². The molecule has 1 aromatic heterocycles. The van der Waals surface area contributed by atoms with Crippen LogP contribution in [0.1, 0.15) is 6.92 Å². The summed E-state index contributed by atoms with van der Waals surface area (Å²) in [6.45, 7) is 3.03. The Kier molecular flexibility index (Phi) is 6.95. The van der Waals surface area contributed by atoms with E-state index in [9.17, 15) is 0 Å². The van der Waals surface area contributed by atoms with E-state index in [-0.39, 0.29) is 0 Å². The third-order valence-electron chi connectivity index (χ3n) is 3.97. The van der Waals surface area contributed by atoms with Crippen molar-refractivity contribution in [3.8, 4) is 28.3 Å². The molecule has 0 aliphatic rings. The summed E-state index contributed by atoms with van der Waals surface area (Å²) in [6, 6.07) is 20.8. The Balaban J connectivity index is 0.000000465. The quantitative estimate of drug-likeness (QED) is 0.524. The molecular formula is C19H21ClN2O5. The molecule has 0 saturated carbocycles. The van der Waals surface area contributed by atoms with Gasteiger partial charge in [-0.3, -0.25) is 0 Å². The molecule has 3 aromatic rings. The Labute approximate surface area is 160 Å². The average molecular weight is 393 g/mol. The van der Waals surface area contributed by atoms with Gasteiger partial charge in [-0.1, -0.05) is 48.5 Å². The highest BCUT2D eigenvalue weighted by molar-refractivity contribution is 5.76. The molecule has 0 unspecified atom stereocenters. The van der Waals surface area contributed by atoms with Gasteiger partial charge < -0.3 is 4.74 Å².